The molecule has 2 unspecified atom stereocenters. The van der Waals surface area contributed by atoms with Crippen LogP contribution in [0.1, 0.15) is 11.1 Å². The predicted octanol–water partition coefficient (Wildman–Crippen LogP) is 5.56. The maximum atomic E-state index is 14.1. The van der Waals surface area contributed by atoms with Crippen LogP contribution in [0.4, 0.5) is 0 Å². The summed E-state index contributed by atoms with van der Waals surface area (Å²) in [6, 6.07) is 15.8. The molecule has 0 fully saturated rings. The second-order valence-corrected chi connectivity index (χ2v) is 12.6. The highest BCUT2D eigenvalue weighted by atomic mass is 32.2. The van der Waals surface area contributed by atoms with Crippen LogP contribution in [0.15, 0.2) is 103 Å². The smallest absolute Gasteiger partial charge is 0.197 e. The van der Waals surface area contributed by atoms with E-state index < -0.39 is 0 Å². The number of aromatic nitrogens is 2. The van der Waals surface area contributed by atoms with E-state index in [2.05, 4.69) is 42.5 Å². The van der Waals surface area contributed by atoms with Gasteiger partial charge < -0.3 is 9.13 Å². The lowest BCUT2D eigenvalue weighted by Gasteiger charge is -2.20. The third-order valence-corrected chi connectivity index (χ3v) is 10.4. The lowest BCUT2D eigenvalue weighted by molar-refractivity contribution is 0.992. The van der Waals surface area contributed by atoms with Crippen LogP contribution in [0.5, 0.6) is 0 Å². The summed E-state index contributed by atoms with van der Waals surface area (Å²) in [7, 11) is 3.91. The number of rotatable bonds is 2. The minimum Gasteiger partial charge on any atom is -0.343 e. The number of pyridine rings is 2. The molecule has 2 aliphatic heterocycles. The normalized spacial score (nSPS) is 20.7. The number of allylic oxidation sites excluding steroid dienone is 4. The van der Waals surface area contributed by atoms with Crippen molar-refractivity contribution in [3.63, 3.8) is 0 Å². The van der Waals surface area contributed by atoms with Crippen LogP contribution in [0, 0.1) is 0 Å². The third-order valence-electron chi connectivity index (χ3n) is 9.14. The topological polar surface area (TPSA) is 92.8 Å². The number of nitrogens with zero attached hydrogens (tertiary/aromatic N) is 4. The Bertz CT molecular complexity index is 2310. The molecule has 4 aliphatic rings. The Kier molecular flexibility index (Phi) is 5.61. The van der Waals surface area contributed by atoms with Gasteiger partial charge in [-0.3, -0.25) is 9.59 Å². The summed E-state index contributed by atoms with van der Waals surface area (Å²) in [6.07, 6.45) is 12.2. The third kappa shape index (κ3) is 3.62. The van der Waals surface area contributed by atoms with Crippen molar-refractivity contribution in [2.75, 3.05) is 0 Å². The van der Waals surface area contributed by atoms with Crippen LogP contribution in [-0.2, 0) is 14.1 Å². The van der Waals surface area contributed by atoms with E-state index in [0.29, 0.717) is 21.5 Å². The minimum absolute atomic E-state index is 0.00612. The number of hydrogen-bond donors (Lipinski definition) is 2. The van der Waals surface area contributed by atoms with Crippen LogP contribution < -0.4 is 20.3 Å². The highest BCUT2D eigenvalue weighted by Crippen LogP contribution is 2.33. The summed E-state index contributed by atoms with van der Waals surface area (Å²) in [4.78, 5) is 28.2. The van der Waals surface area contributed by atoms with Gasteiger partial charge in [-0.1, -0.05) is 36.4 Å². The van der Waals surface area contributed by atoms with Gasteiger partial charge in [0.15, 0.2) is 10.9 Å². The summed E-state index contributed by atoms with van der Waals surface area (Å²) in [5.74, 6) is 0. The molecule has 44 heavy (non-hydrogen) atoms. The standard InChI is InChI=1S/C34H24N6O2S2/c1-39-27-11-9-17(19-5-3-7-25-31(19)37-43-35-25)13-21(27)33(41)23-16-30-24(15-29(23)39)34(42)22-14-18(10-12-28(22)40(30)2)20-6-4-8-26-32(20)38-44-36-26/h3-16,31-32,37-38H,1-2H3. The van der Waals surface area contributed by atoms with Gasteiger partial charge in [0.05, 0.1) is 69.8 Å². The summed E-state index contributed by atoms with van der Waals surface area (Å²) >= 11 is 2.69. The van der Waals surface area contributed by atoms with E-state index in [1.165, 1.54) is 24.3 Å². The van der Waals surface area contributed by atoms with Gasteiger partial charge in [0.25, 0.3) is 0 Å². The molecule has 0 amide bonds. The number of benzene rings is 3. The molecule has 214 valence electrons. The molecular weight excluding hydrogens is 589 g/mol. The Labute approximate surface area is 259 Å². The molecule has 2 aromatic heterocycles. The molecule has 2 N–H and O–H groups in total. The zero-order chi connectivity index (χ0) is 29.7. The Morgan fingerprint density at radius 1 is 0.614 bits per heavy atom. The van der Waals surface area contributed by atoms with Crippen molar-refractivity contribution in [1.82, 2.24) is 18.6 Å². The van der Waals surface area contributed by atoms with Crippen LogP contribution in [0.2, 0.25) is 0 Å². The maximum absolute atomic E-state index is 14.1. The Morgan fingerprint density at radius 2 is 1.05 bits per heavy atom. The second-order valence-electron chi connectivity index (χ2n) is 11.4. The summed E-state index contributed by atoms with van der Waals surface area (Å²) in [5.41, 5.74) is 9.07. The van der Waals surface area contributed by atoms with E-state index in [1.54, 1.807) is 0 Å². The van der Waals surface area contributed by atoms with Crippen molar-refractivity contribution in [2.24, 2.45) is 22.9 Å². The zero-order valence-corrected chi connectivity index (χ0v) is 25.3. The molecule has 9 rings (SSSR count). The van der Waals surface area contributed by atoms with Crippen molar-refractivity contribution < 1.29 is 0 Å². The maximum Gasteiger partial charge on any atom is 0.197 e. The molecule has 0 saturated heterocycles. The largest absolute Gasteiger partial charge is 0.343 e. The Morgan fingerprint density at radius 3 is 1.50 bits per heavy atom. The van der Waals surface area contributed by atoms with Gasteiger partial charge in [-0.15, -0.1) is 0 Å². The van der Waals surface area contributed by atoms with Gasteiger partial charge in [-0.05, 0) is 70.8 Å². The highest BCUT2D eigenvalue weighted by molar-refractivity contribution is 7.96. The van der Waals surface area contributed by atoms with Crippen molar-refractivity contribution in [3.05, 3.63) is 117 Å². The van der Waals surface area contributed by atoms with Crippen LogP contribution >= 0.6 is 24.3 Å². The number of aryl methyl sites for hydroxylation is 2. The fraction of sp³-hybridized carbons (Fsp3) is 0.118. The number of fused-ring (bicyclic) bond motifs is 6. The minimum atomic E-state index is -0.0500. The average Bonchev–Trinajstić information content (AvgIpc) is 3.75. The van der Waals surface area contributed by atoms with Gasteiger partial charge in [-0.25, -0.2) is 18.2 Å². The lowest BCUT2D eigenvalue weighted by Crippen LogP contribution is -2.29. The van der Waals surface area contributed by atoms with E-state index >= 15 is 0 Å². The summed E-state index contributed by atoms with van der Waals surface area (Å²) < 4.78 is 19.7. The second kappa shape index (κ2) is 9.51. The molecule has 2 aliphatic carbocycles. The molecule has 3 aromatic carbocycles. The van der Waals surface area contributed by atoms with Gasteiger partial charge in [-0.2, -0.15) is 0 Å². The SMILES string of the molecule is Cn1c2ccc(C3=CC=CC4=NSNC34)cc2c(=O)c2cc3c(cc21)c(=O)c1cc(C2=CC=CC4=NSNC24)ccc1n3C. The highest BCUT2D eigenvalue weighted by Gasteiger charge is 2.28. The van der Waals surface area contributed by atoms with E-state index in [0.717, 1.165) is 55.8 Å². The van der Waals surface area contributed by atoms with Crippen LogP contribution in [0.3, 0.4) is 0 Å². The van der Waals surface area contributed by atoms with Crippen molar-refractivity contribution in [1.29, 1.82) is 0 Å². The van der Waals surface area contributed by atoms with Gasteiger partial charge in [0.2, 0.25) is 0 Å². The number of nitrogens with one attached hydrogen (secondary N) is 2. The molecule has 5 aromatic rings. The van der Waals surface area contributed by atoms with Crippen molar-refractivity contribution in [2.45, 2.75) is 12.1 Å². The monoisotopic (exact) mass is 612 g/mol. The van der Waals surface area contributed by atoms with E-state index in [-0.39, 0.29) is 22.9 Å². The van der Waals surface area contributed by atoms with Gasteiger partial charge in [0.1, 0.15) is 0 Å². The Hall–Kier alpha value is -4.48. The van der Waals surface area contributed by atoms with Crippen LogP contribution in [0.25, 0.3) is 54.8 Å². The molecule has 4 heterocycles. The molecule has 2 atom stereocenters. The average molecular weight is 613 g/mol. The van der Waals surface area contributed by atoms with Crippen molar-refractivity contribution in [3.8, 4) is 0 Å². The molecule has 0 bridgehead atoms. The molecule has 0 spiro atoms. The van der Waals surface area contributed by atoms with Crippen LogP contribution in [-0.4, -0.2) is 32.6 Å². The van der Waals surface area contributed by atoms with E-state index in [9.17, 15) is 9.59 Å². The predicted molar refractivity (Wildman–Crippen MR) is 185 cm³/mol. The first-order valence-electron chi connectivity index (χ1n) is 14.3. The molecule has 8 nitrogen and oxygen atoms in total. The first-order valence-corrected chi connectivity index (χ1v) is 15.8. The molecule has 0 saturated carbocycles. The van der Waals surface area contributed by atoms with Gasteiger partial charge in [0, 0.05) is 35.6 Å². The molecule has 10 heteroatoms. The summed E-state index contributed by atoms with van der Waals surface area (Å²) in [6.45, 7) is 0. The quantitative estimate of drug-likeness (QED) is 0.201. The first-order chi connectivity index (χ1) is 21.5. The molecular formula is C34H24N6O2S2. The Balaban J connectivity index is 1.24. The number of hydrogen-bond acceptors (Lipinski definition) is 8. The molecule has 0 radical (unpaired) electrons. The lowest BCUT2D eigenvalue weighted by atomic mass is 9.90. The van der Waals surface area contributed by atoms with Gasteiger partial charge >= 0.3 is 0 Å². The summed E-state index contributed by atoms with van der Waals surface area (Å²) in [5, 5.41) is 2.45. The van der Waals surface area contributed by atoms with Crippen molar-refractivity contribution >= 4 is 90.4 Å². The fourth-order valence-corrected chi connectivity index (χ4v) is 8.19. The first kappa shape index (κ1) is 26.0. The zero-order valence-electron chi connectivity index (χ0n) is 23.7. The fourth-order valence-electron chi connectivity index (χ4n) is 6.83. The van der Waals surface area contributed by atoms with E-state index in [1.807, 2.05) is 83.9 Å². The van der Waals surface area contributed by atoms with E-state index in [4.69, 9.17) is 0 Å².